The molecule has 1 unspecified atom stereocenters. The zero-order valence-corrected chi connectivity index (χ0v) is 16.1. The van der Waals surface area contributed by atoms with Gasteiger partial charge in [0.1, 0.15) is 5.75 Å². The van der Waals surface area contributed by atoms with Gasteiger partial charge in [-0.3, -0.25) is 4.79 Å². The monoisotopic (exact) mass is 398 g/mol. The van der Waals surface area contributed by atoms with E-state index in [4.69, 9.17) is 16.3 Å². The normalized spacial score (nSPS) is 24.5. The highest BCUT2D eigenvalue weighted by atomic mass is 35.5. The molecule has 1 amide bonds. The molecule has 2 aliphatic heterocycles. The second-order valence-corrected chi connectivity index (χ2v) is 9.84. The summed E-state index contributed by atoms with van der Waals surface area (Å²) >= 11 is 6.11. The van der Waals surface area contributed by atoms with Crippen LogP contribution in [0.1, 0.15) is 37.2 Å². The summed E-state index contributed by atoms with van der Waals surface area (Å²) in [6, 6.07) is 5.38. The van der Waals surface area contributed by atoms with Crippen molar-refractivity contribution in [2.45, 2.75) is 36.9 Å². The second kappa shape index (κ2) is 7.02. The van der Waals surface area contributed by atoms with Crippen LogP contribution >= 0.6 is 11.6 Å². The van der Waals surface area contributed by atoms with E-state index in [0.717, 1.165) is 18.4 Å². The van der Waals surface area contributed by atoms with Gasteiger partial charge in [-0.2, -0.15) is 4.31 Å². The third-order valence-electron chi connectivity index (χ3n) is 5.38. The summed E-state index contributed by atoms with van der Waals surface area (Å²) in [4.78, 5) is 15.0. The summed E-state index contributed by atoms with van der Waals surface area (Å²) in [5.41, 5.74) is 0.834. The molecule has 3 aliphatic rings. The molecule has 4 rings (SSSR count). The third kappa shape index (κ3) is 3.44. The molecule has 2 heterocycles. The van der Waals surface area contributed by atoms with E-state index in [-0.39, 0.29) is 17.1 Å². The highest BCUT2D eigenvalue weighted by Gasteiger charge is 2.41. The number of sulfonamides is 1. The van der Waals surface area contributed by atoms with Crippen molar-refractivity contribution < 1.29 is 17.9 Å². The topological polar surface area (TPSA) is 66.9 Å². The SMILES string of the molecule is O=C(C1CCOc2ccc(Cl)cc21)N1CCCN(S(=O)(=O)C2CC2)CC1. The number of carbonyl (C=O) groups is 1. The van der Waals surface area contributed by atoms with Crippen LogP contribution in [0, 0.1) is 0 Å². The number of nitrogens with zero attached hydrogens (tertiary/aromatic N) is 2. The first-order chi connectivity index (χ1) is 12.5. The maximum atomic E-state index is 13.1. The number of ether oxygens (including phenoxy) is 1. The van der Waals surface area contributed by atoms with Crippen LogP contribution in [0.2, 0.25) is 5.02 Å². The quantitative estimate of drug-likeness (QED) is 0.783. The summed E-state index contributed by atoms with van der Waals surface area (Å²) in [6.45, 7) is 2.41. The van der Waals surface area contributed by atoms with Crippen LogP contribution in [-0.4, -0.2) is 61.6 Å². The third-order valence-corrected chi connectivity index (χ3v) is 8.02. The van der Waals surface area contributed by atoms with Gasteiger partial charge in [-0.25, -0.2) is 8.42 Å². The second-order valence-electron chi connectivity index (χ2n) is 7.19. The minimum absolute atomic E-state index is 0.0440. The number of hydrogen-bond donors (Lipinski definition) is 0. The lowest BCUT2D eigenvalue weighted by atomic mass is 9.91. The number of benzene rings is 1. The Morgan fingerprint density at radius 2 is 1.92 bits per heavy atom. The number of rotatable bonds is 3. The Hall–Kier alpha value is -1.31. The van der Waals surface area contributed by atoms with E-state index in [1.807, 2.05) is 11.0 Å². The average Bonchev–Trinajstić information content (AvgIpc) is 3.47. The summed E-state index contributed by atoms with van der Waals surface area (Å²) in [6.07, 6.45) is 2.82. The highest BCUT2D eigenvalue weighted by Crippen LogP contribution is 2.37. The fourth-order valence-electron chi connectivity index (χ4n) is 3.79. The van der Waals surface area contributed by atoms with Gasteiger partial charge in [0.05, 0.1) is 17.8 Å². The molecule has 1 saturated heterocycles. The number of fused-ring (bicyclic) bond motifs is 1. The maximum Gasteiger partial charge on any atom is 0.230 e. The van der Waals surface area contributed by atoms with Gasteiger partial charge in [-0.15, -0.1) is 0 Å². The predicted octanol–water partition coefficient (Wildman–Crippen LogP) is 2.23. The number of halogens is 1. The van der Waals surface area contributed by atoms with Crippen molar-refractivity contribution in [3.05, 3.63) is 28.8 Å². The smallest absolute Gasteiger partial charge is 0.230 e. The molecule has 1 saturated carbocycles. The molecule has 2 fully saturated rings. The van der Waals surface area contributed by atoms with Gasteiger partial charge in [0.25, 0.3) is 0 Å². The Morgan fingerprint density at radius 1 is 1.12 bits per heavy atom. The molecule has 1 atom stereocenters. The summed E-state index contributed by atoms with van der Waals surface area (Å²) < 4.78 is 32.2. The largest absolute Gasteiger partial charge is 0.493 e. The van der Waals surface area contributed by atoms with E-state index in [1.54, 1.807) is 16.4 Å². The van der Waals surface area contributed by atoms with Gasteiger partial charge >= 0.3 is 0 Å². The molecule has 1 aromatic rings. The molecule has 142 valence electrons. The Kier molecular flexibility index (Phi) is 4.88. The van der Waals surface area contributed by atoms with Crippen molar-refractivity contribution in [3.8, 4) is 5.75 Å². The van der Waals surface area contributed by atoms with Gasteiger partial charge in [0.2, 0.25) is 15.9 Å². The first-order valence-corrected chi connectivity index (χ1v) is 11.0. The maximum absolute atomic E-state index is 13.1. The van der Waals surface area contributed by atoms with E-state index in [1.165, 1.54) is 0 Å². The minimum Gasteiger partial charge on any atom is -0.493 e. The first-order valence-electron chi connectivity index (χ1n) is 9.17. The predicted molar refractivity (Wildman–Crippen MR) is 99.0 cm³/mol. The van der Waals surface area contributed by atoms with Crippen LogP contribution in [-0.2, 0) is 14.8 Å². The average molecular weight is 399 g/mol. The molecule has 0 N–H and O–H groups in total. The number of carbonyl (C=O) groups excluding carboxylic acids is 1. The summed E-state index contributed by atoms with van der Waals surface area (Å²) in [7, 11) is -3.18. The molecule has 0 aromatic heterocycles. The first kappa shape index (κ1) is 18.1. The van der Waals surface area contributed by atoms with Gasteiger partial charge in [0, 0.05) is 36.8 Å². The van der Waals surface area contributed by atoms with Gasteiger partial charge in [-0.1, -0.05) is 11.6 Å². The molecule has 0 spiro atoms. The molecule has 0 radical (unpaired) electrons. The Bertz CT molecular complexity index is 809. The van der Waals surface area contributed by atoms with E-state index in [0.29, 0.717) is 56.4 Å². The standard InChI is InChI=1S/C18H23ClN2O4S/c19-13-2-5-17-16(12-13)15(6-11-25-17)18(22)20-7-1-8-21(10-9-20)26(23,24)14-3-4-14/h2,5,12,14-15H,1,3-4,6-11H2. The van der Waals surface area contributed by atoms with Crippen molar-refractivity contribution >= 4 is 27.5 Å². The fraction of sp³-hybridized carbons (Fsp3) is 0.611. The van der Waals surface area contributed by atoms with Crippen molar-refractivity contribution in [3.63, 3.8) is 0 Å². The van der Waals surface area contributed by atoms with Crippen LogP contribution in [0.4, 0.5) is 0 Å². The van der Waals surface area contributed by atoms with Crippen LogP contribution in [0.5, 0.6) is 5.75 Å². The van der Waals surface area contributed by atoms with Crippen LogP contribution in [0.3, 0.4) is 0 Å². The fourth-order valence-corrected chi connectivity index (χ4v) is 5.84. The van der Waals surface area contributed by atoms with E-state index >= 15 is 0 Å². The Labute approximate surface area is 159 Å². The van der Waals surface area contributed by atoms with Gasteiger partial charge in [0.15, 0.2) is 0 Å². The van der Waals surface area contributed by atoms with Crippen molar-refractivity contribution in [2.75, 3.05) is 32.8 Å². The zero-order valence-electron chi connectivity index (χ0n) is 14.6. The lowest BCUT2D eigenvalue weighted by Crippen LogP contribution is -2.41. The molecule has 6 nitrogen and oxygen atoms in total. The van der Waals surface area contributed by atoms with E-state index < -0.39 is 10.0 Å². The minimum atomic E-state index is -3.18. The highest BCUT2D eigenvalue weighted by molar-refractivity contribution is 7.90. The summed E-state index contributed by atoms with van der Waals surface area (Å²) in [5.74, 6) is 0.485. The summed E-state index contributed by atoms with van der Waals surface area (Å²) in [5, 5.41) is 0.388. The van der Waals surface area contributed by atoms with E-state index in [2.05, 4.69) is 0 Å². The lowest BCUT2D eigenvalue weighted by Gasteiger charge is -2.30. The molecule has 8 heteroatoms. The number of amides is 1. The Morgan fingerprint density at radius 3 is 2.69 bits per heavy atom. The van der Waals surface area contributed by atoms with Crippen molar-refractivity contribution in [2.24, 2.45) is 0 Å². The lowest BCUT2D eigenvalue weighted by molar-refractivity contribution is -0.133. The van der Waals surface area contributed by atoms with Gasteiger partial charge in [-0.05, 0) is 43.9 Å². The van der Waals surface area contributed by atoms with Crippen molar-refractivity contribution in [1.29, 1.82) is 0 Å². The zero-order chi connectivity index (χ0) is 18.3. The van der Waals surface area contributed by atoms with Crippen LogP contribution in [0.25, 0.3) is 0 Å². The molecular weight excluding hydrogens is 376 g/mol. The number of hydrogen-bond acceptors (Lipinski definition) is 4. The molecule has 0 bridgehead atoms. The molecule has 26 heavy (non-hydrogen) atoms. The van der Waals surface area contributed by atoms with Gasteiger partial charge < -0.3 is 9.64 Å². The molecule has 1 aromatic carbocycles. The van der Waals surface area contributed by atoms with E-state index in [9.17, 15) is 13.2 Å². The Balaban J connectivity index is 1.49. The molecule has 1 aliphatic carbocycles. The van der Waals surface area contributed by atoms with Crippen molar-refractivity contribution in [1.82, 2.24) is 9.21 Å². The van der Waals surface area contributed by atoms with Crippen LogP contribution in [0.15, 0.2) is 18.2 Å². The molecular formula is C18H23ClN2O4S. The van der Waals surface area contributed by atoms with Crippen LogP contribution < -0.4 is 4.74 Å².